The maximum Gasteiger partial charge on any atom is 0.262 e. The second kappa shape index (κ2) is 3.89. The number of aromatic nitrogens is 1. The smallest absolute Gasteiger partial charge is 0.262 e. The van der Waals surface area contributed by atoms with Crippen LogP contribution >= 0.6 is 15.9 Å². The van der Waals surface area contributed by atoms with E-state index in [1.54, 1.807) is 0 Å². The van der Waals surface area contributed by atoms with Gasteiger partial charge in [0.25, 0.3) is 5.56 Å². The molecule has 1 N–H and O–H groups in total. The minimum absolute atomic E-state index is 0.0301. The molecule has 0 aromatic carbocycles. The first-order chi connectivity index (χ1) is 6.74. The van der Waals surface area contributed by atoms with E-state index in [0.29, 0.717) is 0 Å². The summed E-state index contributed by atoms with van der Waals surface area (Å²) in [6.45, 7) is 2.11. The van der Waals surface area contributed by atoms with E-state index in [4.69, 9.17) is 0 Å². The van der Waals surface area contributed by atoms with Crippen molar-refractivity contribution in [2.24, 2.45) is 0 Å². The average molecular weight is 256 g/mol. The first-order valence-corrected chi connectivity index (χ1v) is 5.95. The second-order valence-electron chi connectivity index (χ2n) is 3.76. The molecule has 0 unspecified atom stereocenters. The maximum absolute atomic E-state index is 11.6. The Hall–Kier alpha value is -0.570. The van der Waals surface area contributed by atoms with E-state index in [0.717, 1.165) is 23.7 Å². The molecule has 0 saturated carbocycles. The maximum atomic E-state index is 11.6. The van der Waals surface area contributed by atoms with Crippen LogP contribution < -0.4 is 5.56 Å². The zero-order valence-corrected chi connectivity index (χ0v) is 9.91. The van der Waals surface area contributed by atoms with Crippen molar-refractivity contribution < 1.29 is 0 Å². The molecule has 2 rings (SSSR count). The fourth-order valence-electron chi connectivity index (χ4n) is 2.21. The number of rotatable bonds is 1. The van der Waals surface area contributed by atoms with Gasteiger partial charge >= 0.3 is 0 Å². The van der Waals surface area contributed by atoms with E-state index in [2.05, 4.69) is 27.8 Å². The monoisotopic (exact) mass is 255 g/mol. The van der Waals surface area contributed by atoms with Crippen LogP contribution in [0.5, 0.6) is 0 Å². The zero-order valence-electron chi connectivity index (χ0n) is 8.32. The van der Waals surface area contributed by atoms with Gasteiger partial charge in [0, 0.05) is 5.69 Å². The third kappa shape index (κ3) is 1.54. The van der Waals surface area contributed by atoms with Gasteiger partial charge in [-0.25, -0.2) is 0 Å². The molecule has 3 heteroatoms. The van der Waals surface area contributed by atoms with Gasteiger partial charge in [-0.05, 0) is 59.2 Å². The summed E-state index contributed by atoms with van der Waals surface area (Å²) in [5.74, 6) is 0. The molecule has 1 aliphatic rings. The molecule has 1 heterocycles. The number of H-pyrrole nitrogens is 1. The van der Waals surface area contributed by atoms with Crippen molar-refractivity contribution in [3.05, 3.63) is 31.6 Å². The highest BCUT2D eigenvalue weighted by Gasteiger charge is 2.17. The Morgan fingerprint density at radius 3 is 2.79 bits per heavy atom. The summed E-state index contributed by atoms with van der Waals surface area (Å²) in [7, 11) is 0. The number of hydrogen-bond donors (Lipinski definition) is 1. The molecule has 0 amide bonds. The van der Waals surface area contributed by atoms with Crippen molar-refractivity contribution in [1.82, 2.24) is 4.98 Å². The highest BCUT2D eigenvalue weighted by molar-refractivity contribution is 9.10. The van der Waals surface area contributed by atoms with Crippen LogP contribution in [0.3, 0.4) is 0 Å². The number of nitrogens with one attached hydrogen (secondary N) is 1. The Morgan fingerprint density at radius 2 is 2.07 bits per heavy atom. The number of aromatic amines is 1. The molecule has 1 aliphatic carbocycles. The third-order valence-corrected chi connectivity index (χ3v) is 3.75. The van der Waals surface area contributed by atoms with Crippen LogP contribution in [0.2, 0.25) is 0 Å². The molecule has 0 atom stereocenters. The molecule has 1 aromatic heterocycles. The molecule has 1 aromatic rings. The number of fused-ring (bicyclic) bond motifs is 1. The molecule has 0 aliphatic heterocycles. The van der Waals surface area contributed by atoms with Gasteiger partial charge in [-0.15, -0.1) is 0 Å². The highest BCUT2D eigenvalue weighted by atomic mass is 79.9. The van der Waals surface area contributed by atoms with Crippen molar-refractivity contribution in [3.8, 4) is 0 Å². The molecular weight excluding hydrogens is 242 g/mol. The molecule has 0 spiro atoms. The van der Waals surface area contributed by atoms with E-state index in [9.17, 15) is 4.79 Å². The highest BCUT2D eigenvalue weighted by Crippen LogP contribution is 2.26. The van der Waals surface area contributed by atoms with Crippen molar-refractivity contribution in [2.45, 2.75) is 39.0 Å². The largest absolute Gasteiger partial charge is 0.325 e. The van der Waals surface area contributed by atoms with Crippen LogP contribution in [-0.2, 0) is 19.3 Å². The predicted octanol–water partition coefficient (Wildman–Crippen LogP) is 2.58. The van der Waals surface area contributed by atoms with Gasteiger partial charge in [-0.2, -0.15) is 0 Å². The lowest BCUT2D eigenvalue weighted by Crippen LogP contribution is -2.19. The van der Waals surface area contributed by atoms with Gasteiger partial charge < -0.3 is 4.98 Å². The van der Waals surface area contributed by atoms with E-state index in [1.807, 2.05) is 0 Å². The van der Waals surface area contributed by atoms with E-state index in [1.165, 1.54) is 29.7 Å². The molecular formula is C11H14BrNO. The first kappa shape index (κ1) is 9.97. The van der Waals surface area contributed by atoms with Crippen LogP contribution in [0.4, 0.5) is 0 Å². The van der Waals surface area contributed by atoms with E-state index in [-0.39, 0.29) is 5.56 Å². The SMILES string of the molecule is CCc1c2c([nH]c(=O)c1Br)CCCC2. The van der Waals surface area contributed by atoms with Crippen molar-refractivity contribution in [2.75, 3.05) is 0 Å². The average Bonchev–Trinajstić information content (AvgIpc) is 2.20. The summed E-state index contributed by atoms with van der Waals surface area (Å²) >= 11 is 3.38. The molecule has 2 nitrogen and oxygen atoms in total. The summed E-state index contributed by atoms with van der Waals surface area (Å²) in [4.78, 5) is 14.5. The topological polar surface area (TPSA) is 32.9 Å². The number of pyridine rings is 1. The van der Waals surface area contributed by atoms with Crippen LogP contribution in [0.25, 0.3) is 0 Å². The molecule has 0 bridgehead atoms. The lowest BCUT2D eigenvalue weighted by Gasteiger charge is -2.19. The quantitative estimate of drug-likeness (QED) is 0.823. The van der Waals surface area contributed by atoms with Gasteiger partial charge in [0.05, 0.1) is 4.47 Å². The van der Waals surface area contributed by atoms with Gasteiger partial charge in [0.15, 0.2) is 0 Å². The lowest BCUT2D eigenvalue weighted by molar-refractivity contribution is 0.657. The summed E-state index contributed by atoms with van der Waals surface area (Å²) in [5.41, 5.74) is 3.79. The number of halogens is 1. The third-order valence-electron chi connectivity index (χ3n) is 2.91. The zero-order chi connectivity index (χ0) is 10.1. The standard InChI is InChI=1S/C11H14BrNO/c1-2-7-8-5-3-4-6-9(8)13-11(14)10(7)12/h2-6H2,1H3,(H,13,14). The summed E-state index contributed by atoms with van der Waals surface area (Å²) < 4.78 is 0.737. The van der Waals surface area contributed by atoms with Crippen molar-refractivity contribution in [1.29, 1.82) is 0 Å². The van der Waals surface area contributed by atoms with Crippen molar-refractivity contribution in [3.63, 3.8) is 0 Å². The van der Waals surface area contributed by atoms with Crippen LogP contribution in [0, 0.1) is 0 Å². The minimum atomic E-state index is 0.0301. The molecule has 76 valence electrons. The Morgan fingerprint density at radius 1 is 1.36 bits per heavy atom. The minimum Gasteiger partial charge on any atom is -0.325 e. The van der Waals surface area contributed by atoms with Gasteiger partial charge in [0.2, 0.25) is 0 Å². The van der Waals surface area contributed by atoms with Crippen LogP contribution in [-0.4, -0.2) is 4.98 Å². The van der Waals surface area contributed by atoms with Crippen LogP contribution in [0.1, 0.15) is 36.6 Å². The fraction of sp³-hybridized carbons (Fsp3) is 0.545. The second-order valence-corrected chi connectivity index (χ2v) is 4.56. The molecule has 0 fully saturated rings. The Balaban J connectivity index is 2.66. The normalized spacial score (nSPS) is 15.3. The van der Waals surface area contributed by atoms with Crippen LogP contribution in [0.15, 0.2) is 9.27 Å². The Bertz CT molecular complexity index is 408. The summed E-state index contributed by atoms with van der Waals surface area (Å²) in [5, 5.41) is 0. The van der Waals surface area contributed by atoms with E-state index >= 15 is 0 Å². The fourth-order valence-corrected chi connectivity index (χ4v) is 2.83. The molecule has 14 heavy (non-hydrogen) atoms. The summed E-state index contributed by atoms with van der Waals surface area (Å²) in [6, 6.07) is 0. The van der Waals surface area contributed by atoms with E-state index < -0.39 is 0 Å². The molecule has 0 saturated heterocycles. The Kier molecular flexibility index (Phi) is 2.77. The first-order valence-electron chi connectivity index (χ1n) is 5.16. The van der Waals surface area contributed by atoms with Gasteiger partial charge in [0.1, 0.15) is 0 Å². The predicted molar refractivity (Wildman–Crippen MR) is 60.8 cm³/mol. The summed E-state index contributed by atoms with van der Waals surface area (Å²) in [6.07, 6.45) is 5.54. The number of hydrogen-bond acceptors (Lipinski definition) is 1. The van der Waals surface area contributed by atoms with Gasteiger partial charge in [-0.3, -0.25) is 4.79 Å². The Labute approximate surface area is 91.9 Å². The van der Waals surface area contributed by atoms with Crippen molar-refractivity contribution >= 4 is 15.9 Å². The lowest BCUT2D eigenvalue weighted by atomic mass is 9.91. The van der Waals surface area contributed by atoms with Gasteiger partial charge in [-0.1, -0.05) is 6.92 Å². The number of aryl methyl sites for hydroxylation is 1. The molecule has 0 radical (unpaired) electrons.